The van der Waals surface area contributed by atoms with Gasteiger partial charge >= 0.3 is 5.97 Å². The van der Waals surface area contributed by atoms with E-state index in [9.17, 15) is 4.79 Å². The van der Waals surface area contributed by atoms with Crippen LogP contribution in [-0.4, -0.2) is 23.1 Å². The van der Waals surface area contributed by atoms with Crippen molar-refractivity contribution >= 4 is 22.4 Å². The molecule has 0 amide bonds. The van der Waals surface area contributed by atoms with Crippen LogP contribution in [0.4, 0.5) is 5.13 Å². The van der Waals surface area contributed by atoms with Crippen LogP contribution in [0, 0.1) is 0 Å². The minimum absolute atomic E-state index is 0.0753. The van der Waals surface area contributed by atoms with Crippen molar-refractivity contribution in [1.82, 2.24) is 4.98 Å². The van der Waals surface area contributed by atoms with Gasteiger partial charge in [-0.05, 0) is 12.1 Å². The number of rotatable bonds is 4. The summed E-state index contributed by atoms with van der Waals surface area (Å²) in [6.07, 6.45) is 1.60. The highest BCUT2D eigenvalue weighted by Gasteiger charge is 2.12. The van der Waals surface area contributed by atoms with Crippen molar-refractivity contribution in [3.63, 3.8) is 0 Å². The molecule has 2 aromatic heterocycles. The number of furan rings is 1. The number of hydrogen-bond acceptors (Lipinski definition) is 5. The smallest absolute Gasteiger partial charge is 0.355 e. The summed E-state index contributed by atoms with van der Waals surface area (Å²) in [5.74, 6) is -0.191. The molecule has 5 nitrogen and oxygen atoms in total. The zero-order chi connectivity index (χ0) is 11.5. The zero-order valence-corrected chi connectivity index (χ0v) is 9.40. The monoisotopic (exact) mass is 238 g/mol. The van der Waals surface area contributed by atoms with Crippen LogP contribution in [0.1, 0.15) is 16.2 Å². The molecular formula is C10H10N2O3S. The fourth-order valence-corrected chi connectivity index (χ4v) is 2.01. The van der Waals surface area contributed by atoms with E-state index in [2.05, 4.69) is 4.98 Å². The topological polar surface area (TPSA) is 66.6 Å². The summed E-state index contributed by atoms with van der Waals surface area (Å²) in [6.45, 7) is 0.569. The minimum atomic E-state index is -1.01. The highest BCUT2D eigenvalue weighted by atomic mass is 32.1. The molecule has 6 heteroatoms. The first-order valence-electron chi connectivity index (χ1n) is 4.59. The normalized spacial score (nSPS) is 10.3. The SMILES string of the molecule is CN(Cc1ccco1)c1nc(C(=O)O)cs1. The average Bonchev–Trinajstić information content (AvgIpc) is 2.86. The lowest BCUT2D eigenvalue weighted by atomic mass is 10.4. The Hall–Kier alpha value is -1.82. The standard InChI is InChI=1S/C10H10N2O3S/c1-12(5-7-3-2-4-15-7)10-11-8(6-16-10)9(13)14/h2-4,6H,5H2,1H3,(H,13,14). The number of carbonyl (C=O) groups is 1. The van der Waals surface area contributed by atoms with Crippen molar-refractivity contribution in [3.8, 4) is 0 Å². The zero-order valence-electron chi connectivity index (χ0n) is 8.58. The summed E-state index contributed by atoms with van der Waals surface area (Å²) in [7, 11) is 1.84. The number of carboxylic acid groups (broad SMARTS) is 1. The molecule has 2 aromatic rings. The average molecular weight is 238 g/mol. The van der Waals surface area contributed by atoms with Crippen molar-refractivity contribution in [3.05, 3.63) is 35.2 Å². The van der Waals surface area contributed by atoms with E-state index in [0.29, 0.717) is 11.7 Å². The van der Waals surface area contributed by atoms with Gasteiger partial charge < -0.3 is 14.4 Å². The number of nitrogens with zero attached hydrogens (tertiary/aromatic N) is 2. The maximum atomic E-state index is 10.7. The van der Waals surface area contributed by atoms with Gasteiger partial charge in [-0.15, -0.1) is 11.3 Å². The molecule has 0 aliphatic rings. The summed E-state index contributed by atoms with van der Waals surface area (Å²) in [5, 5.41) is 10.9. The Balaban J connectivity index is 2.08. The molecular weight excluding hydrogens is 228 g/mol. The highest BCUT2D eigenvalue weighted by Crippen LogP contribution is 2.21. The van der Waals surface area contributed by atoms with Gasteiger partial charge in [-0.1, -0.05) is 0 Å². The quantitative estimate of drug-likeness (QED) is 0.883. The molecule has 0 saturated carbocycles. The van der Waals surface area contributed by atoms with Gasteiger partial charge in [-0.3, -0.25) is 0 Å². The molecule has 0 spiro atoms. The van der Waals surface area contributed by atoms with Gasteiger partial charge in [0.1, 0.15) is 5.76 Å². The van der Waals surface area contributed by atoms with Crippen LogP contribution in [-0.2, 0) is 6.54 Å². The van der Waals surface area contributed by atoms with E-state index in [0.717, 1.165) is 5.76 Å². The van der Waals surface area contributed by atoms with Crippen LogP contribution in [0.15, 0.2) is 28.2 Å². The van der Waals surface area contributed by atoms with Gasteiger partial charge in [0.25, 0.3) is 0 Å². The molecule has 0 aliphatic carbocycles. The third-order valence-corrected chi connectivity index (χ3v) is 2.97. The molecule has 0 unspecified atom stereocenters. The van der Waals surface area contributed by atoms with Crippen molar-refractivity contribution < 1.29 is 14.3 Å². The Morgan fingerprint density at radius 1 is 1.69 bits per heavy atom. The Morgan fingerprint density at radius 2 is 2.50 bits per heavy atom. The van der Waals surface area contributed by atoms with Crippen LogP contribution in [0.3, 0.4) is 0 Å². The van der Waals surface area contributed by atoms with Crippen molar-refractivity contribution in [1.29, 1.82) is 0 Å². The molecule has 2 heterocycles. The number of carboxylic acids is 1. The molecule has 84 valence electrons. The summed E-state index contributed by atoms with van der Waals surface area (Å²) < 4.78 is 5.20. The first-order chi connectivity index (χ1) is 7.66. The molecule has 16 heavy (non-hydrogen) atoms. The summed E-state index contributed by atoms with van der Waals surface area (Å²) >= 11 is 1.30. The Bertz CT molecular complexity index is 478. The first-order valence-corrected chi connectivity index (χ1v) is 5.47. The second-order valence-corrected chi connectivity index (χ2v) is 4.09. The third-order valence-electron chi connectivity index (χ3n) is 2.01. The largest absolute Gasteiger partial charge is 0.476 e. The predicted octanol–water partition coefficient (Wildman–Crippen LogP) is 2.07. The van der Waals surface area contributed by atoms with E-state index in [1.165, 1.54) is 16.7 Å². The molecule has 0 aromatic carbocycles. The molecule has 0 aliphatic heterocycles. The lowest BCUT2D eigenvalue weighted by Crippen LogP contribution is -2.15. The number of aromatic carboxylic acids is 1. The van der Waals surface area contributed by atoms with Gasteiger partial charge in [-0.25, -0.2) is 9.78 Å². The number of aromatic nitrogens is 1. The Kier molecular flexibility index (Phi) is 2.91. The van der Waals surface area contributed by atoms with E-state index in [1.807, 2.05) is 24.1 Å². The fourth-order valence-electron chi connectivity index (χ4n) is 1.24. The van der Waals surface area contributed by atoms with E-state index >= 15 is 0 Å². The predicted molar refractivity (Wildman–Crippen MR) is 59.9 cm³/mol. The van der Waals surface area contributed by atoms with E-state index in [4.69, 9.17) is 9.52 Å². The van der Waals surface area contributed by atoms with Crippen LogP contribution < -0.4 is 4.90 Å². The fraction of sp³-hybridized carbons (Fsp3) is 0.200. The second-order valence-electron chi connectivity index (χ2n) is 3.26. The summed E-state index contributed by atoms with van der Waals surface area (Å²) in [5.41, 5.74) is 0.0753. The molecule has 2 rings (SSSR count). The lowest BCUT2D eigenvalue weighted by Gasteiger charge is -2.13. The number of thiazole rings is 1. The van der Waals surface area contributed by atoms with Crippen molar-refractivity contribution in [2.24, 2.45) is 0 Å². The maximum Gasteiger partial charge on any atom is 0.355 e. The van der Waals surface area contributed by atoms with Crippen LogP contribution in [0.2, 0.25) is 0 Å². The van der Waals surface area contributed by atoms with Crippen LogP contribution in [0.25, 0.3) is 0 Å². The van der Waals surface area contributed by atoms with Crippen molar-refractivity contribution in [2.75, 3.05) is 11.9 Å². The van der Waals surface area contributed by atoms with Gasteiger partial charge in [0.2, 0.25) is 0 Å². The van der Waals surface area contributed by atoms with Crippen LogP contribution in [0.5, 0.6) is 0 Å². The van der Waals surface area contributed by atoms with E-state index < -0.39 is 5.97 Å². The van der Waals surface area contributed by atoms with Gasteiger partial charge in [0.15, 0.2) is 10.8 Å². The molecule has 0 bridgehead atoms. The minimum Gasteiger partial charge on any atom is -0.476 e. The summed E-state index contributed by atoms with van der Waals surface area (Å²) in [4.78, 5) is 16.5. The van der Waals surface area contributed by atoms with Gasteiger partial charge in [-0.2, -0.15) is 0 Å². The Labute approximate surface area is 96.0 Å². The molecule has 1 N–H and O–H groups in total. The third kappa shape index (κ3) is 2.22. The maximum absolute atomic E-state index is 10.7. The molecule has 0 radical (unpaired) electrons. The van der Waals surface area contributed by atoms with Gasteiger partial charge in [0, 0.05) is 12.4 Å². The lowest BCUT2D eigenvalue weighted by molar-refractivity contribution is 0.0691. The first kappa shape index (κ1) is 10.7. The highest BCUT2D eigenvalue weighted by molar-refractivity contribution is 7.13. The van der Waals surface area contributed by atoms with Crippen LogP contribution >= 0.6 is 11.3 Å². The Morgan fingerprint density at radius 3 is 3.06 bits per heavy atom. The number of hydrogen-bond donors (Lipinski definition) is 1. The van der Waals surface area contributed by atoms with E-state index in [-0.39, 0.29) is 5.69 Å². The second kappa shape index (κ2) is 4.36. The number of anilines is 1. The molecule has 0 atom stereocenters. The van der Waals surface area contributed by atoms with Gasteiger partial charge in [0.05, 0.1) is 12.8 Å². The molecule has 0 saturated heterocycles. The van der Waals surface area contributed by atoms with Crippen molar-refractivity contribution in [2.45, 2.75) is 6.54 Å². The molecule has 0 fully saturated rings. The van der Waals surface area contributed by atoms with E-state index in [1.54, 1.807) is 6.26 Å². The summed E-state index contributed by atoms with van der Waals surface area (Å²) in [6, 6.07) is 3.68.